The van der Waals surface area contributed by atoms with Gasteiger partial charge in [-0.2, -0.15) is 0 Å². The molecule has 3 aliphatic rings. The summed E-state index contributed by atoms with van der Waals surface area (Å²) in [6, 6.07) is 0. The van der Waals surface area contributed by atoms with Crippen LogP contribution in [0.25, 0.3) is 0 Å². The van der Waals surface area contributed by atoms with Crippen LogP contribution in [-0.2, 0) is 23.7 Å². The summed E-state index contributed by atoms with van der Waals surface area (Å²) in [4.78, 5) is 0. The molecule has 16 heteroatoms. The van der Waals surface area contributed by atoms with Crippen molar-refractivity contribution in [1.82, 2.24) is 0 Å². The molecule has 0 unspecified atom stereocenters. The van der Waals surface area contributed by atoms with Gasteiger partial charge < -0.3 is 80.5 Å². The summed E-state index contributed by atoms with van der Waals surface area (Å²) in [5.41, 5.74) is 5.69. The molecule has 0 aliphatic carbocycles. The van der Waals surface area contributed by atoms with Gasteiger partial charge in [-0.05, 0) is 0 Å². The van der Waals surface area contributed by atoms with E-state index >= 15 is 0 Å². The van der Waals surface area contributed by atoms with E-state index in [1.807, 2.05) is 0 Å². The molecule has 0 amide bonds. The quantitative estimate of drug-likeness (QED) is 0.154. The lowest BCUT2D eigenvalue weighted by molar-refractivity contribution is -0.374. The van der Waals surface area contributed by atoms with E-state index in [-0.39, 0.29) is 6.54 Å². The Morgan fingerprint density at radius 2 is 1.00 bits per heavy atom. The molecular weight excluding hydrogens is 470 g/mol. The minimum atomic E-state index is -1.85. The summed E-state index contributed by atoms with van der Waals surface area (Å²) in [5, 5.41) is 99.6. The molecule has 34 heavy (non-hydrogen) atoms. The van der Waals surface area contributed by atoms with Crippen molar-refractivity contribution in [3.8, 4) is 0 Å². The number of rotatable bonds is 7. The van der Waals surface area contributed by atoms with Crippen molar-refractivity contribution < 1.29 is 74.7 Å². The van der Waals surface area contributed by atoms with Gasteiger partial charge >= 0.3 is 0 Å². The van der Waals surface area contributed by atoms with E-state index in [0.29, 0.717) is 0 Å². The normalized spacial score (nSPS) is 52.5. The van der Waals surface area contributed by atoms with E-state index in [1.54, 1.807) is 0 Å². The van der Waals surface area contributed by atoms with Gasteiger partial charge in [-0.1, -0.05) is 0 Å². The monoisotopic (exact) mass is 503 g/mol. The Balaban J connectivity index is 1.72. The van der Waals surface area contributed by atoms with Gasteiger partial charge in [0.15, 0.2) is 18.9 Å². The highest BCUT2D eigenvalue weighted by Crippen LogP contribution is 2.31. The van der Waals surface area contributed by atoms with Crippen molar-refractivity contribution >= 4 is 0 Å². The number of nitrogens with two attached hydrogens (primary N) is 1. The van der Waals surface area contributed by atoms with Crippen LogP contribution in [0.5, 0.6) is 0 Å². The predicted molar refractivity (Wildman–Crippen MR) is 103 cm³/mol. The first-order valence-electron chi connectivity index (χ1n) is 10.7. The molecule has 16 nitrogen and oxygen atoms in total. The SMILES string of the molecule is NC[C@H]1O[C@@H](O[C@H]2[C@H](O)[C@@H](O)[C@H](O)O[C@@H]2CO)[C@H](O)[C@@H](O)[C@H]1O[C@H]1O[C@H](CO)[C@H](O)[C@H](O)[C@H]1O. The van der Waals surface area contributed by atoms with Crippen LogP contribution in [0.15, 0.2) is 0 Å². The van der Waals surface area contributed by atoms with E-state index in [1.165, 1.54) is 0 Å². The van der Waals surface area contributed by atoms with Crippen LogP contribution in [0, 0.1) is 0 Å². The molecular formula is C18H33NO15. The molecule has 3 saturated heterocycles. The van der Waals surface area contributed by atoms with Crippen LogP contribution in [0.1, 0.15) is 0 Å². The number of hydrogen-bond donors (Lipinski definition) is 11. The van der Waals surface area contributed by atoms with Crippen LogP contribution >= 0.6 is 0 Å². The number of ether oxygens (including phenoxy) is 5. The maximum absolute atomic E-state index is 10.7. The lowest BCUT2D eigenvalue weighted by Crippen LogP contribution is -2.66. The molecule has 3 heterocycles. The molecule has 0 aromatic rings. The second-order valence-electron chi connectivity index (χ2n) is 8.39. The van der Waals surface area contributed by atoms with Crippen molar-refractivity contribution in [2.24, 2.45) is 5.73 Å². The molecule has 3 fully saturated rings. The average Bonchev–Trinajstić information content (AvgIpc) is 2.83. The number of hydrogen-bond acceptors (Lipinski definition) is 16. The van der Waals surface area contributed by atoms with Crippen LogP contribution in [0.2, 0.25) is 0 Å². The molecule has 12 N–H and O–H groups in total. The standard InChI is InChI=1S/C18H33NO15/c19-1-4-14(33-17-12(27)8(23)7(22)5(2-20)32-17)10(25)13(28)18(31-4)34-15-6(3-21)30-16(29)11(26)9(15)24/h4-18,20-29H,1-3,19H2/t4-,5-,6-,7+,8+,9-,10-,11-,12-,13-,14+,15-,16-,17-,18+/m1/s1. The van der Waals surface area contributed by atoms with Gasteiger partial charge in [0, 0.05) is 6.54 Å². The topological polar surface area (TPSA) is 274 Å². The molecule has 0 saturated carbocycles. The van der Waals surface area contributed by atoms with Gasteiger partial charge in [-0.15, -0.1) is 0 Å². The van der Waals surface area contributed by atoms with E-state index in [9.17, 15) is 51.1 Å². The molecule has 15 atom stereocenters. The van der Waals surface area contributed by atoms with Crippen LogP contribution in [0.3, 0.4) is 0 Å². The lowest BCUT2D eigenvalue weighted by atomic mass is 9.96. The third-order valence-corrected chi connectivity index (χ3v) is 6.14. The molecule has 3 rings (SSSR count). The summed E-state index contributed by atoms with van der Waals surface area (Å²) in [5.74, 6) is 0. The Kier molecular flexibility index (Phi) is 9.54. The Bertz CT molecular complexity index is 640. The fourth-order valence-electron chi connectivity index (χ4n) is 4.10. The summed E-state index contributed by atoms with van der Waals surface area (Å²) in [6.45, 7) is -1.77. The van der Waals surface area contributed by atoms with E-state index in [2.05, 4.69) is 0 Å². The number of aliphatic hydroxyl groups excluding tert-OH is 10. The van der Waals surface area contributed by atoms with Crippen molar-refractivity contribution in [3.05, 3.63) is 0 Å². The van der Waals surface area contributed by atoms with Crippen LogP contribution in [0.4, 0.5) is 0 Å². The van der Waals surface area contributed by atoms with Gasteiger partial charge in [0.05, 0.1) is 13.2 Å². The van der Waals surface area contributed by atoms with Gasteiger partial charge in [-0.25, -0.2) is 0 Å². The molecule has 0 spiro atoms. The number of aliphatic hydroxyl groups is 10. The minimum Gasteiger partial charge on any atom is -0.394 e. The molecule has 0 aromatic heterocycles. The first kappa shape index (κ1) is 27.9. The second-order valence-corrected chi connectivity index (χ2v) is 8.39. The van der Waals surface area contributed by atoms with Gasteiger partial charge in [0.2, 0.25) is 0 Å². The van der Waals surface area contributed by atoms with Gasteiger partial charge in [0.1, 0.15) is 73.2 Å². The largest absolute Gasteiger partial charge is 0.394 e. The molecule has 3 aliphatic heterocycles. The predicted octanol–water partition coefficient (Wildman–Crippen LogP) is -7.61. The third kappa shape index (κ3) is 5.37. The van der Waals surface area contributed by atoms with Crippen molar-refractivity contribution in [3.63, 3.8) is 0 Å². The fraction of sp³-hybridized carbons (Fsp3) is 1.00. The minimum absolute atomic E-state index is 0.319. The Morgan fingerprint density at radius 3 is 1.53 bits per heavy atom. The van der Waals surface area contributed by atoms with Crippen molar-refractivity contribution in [2.45, 2.75) is 92.1 Å². The third-order valence-electron chi connectivity index (χ3n) is 6.14. The van der Waals surface area contributed by atoms with Crippen LogP contribution in [-0.4, -0.2) is 163 Å². The average molecular weight is 503 g/mol. The maximum atomic E-state index is 10.7. The molecule has 0 bridgehead atoms. The zero-order valence-corrected chi connectivity index (χ0v) is 17.9. The van der Waals surface area contributed by atoms with Crippen molar-refractivity contribution in [2.75, 3.05) is 19.8 Å². The Morgan fingerprint density at radius 1 is 0.529 bits per heavy atom. The second kappa shape index (κ2) is 11.6. The first-order valence-corrected chi connectivity index (χ1v) is 10.7. The van der Waals surface area contributed by atoms with Crippen LogP contribution < -0.4 is 5.73 Å². The summed E-state index contributed by atoms with van der Waals surface area (Å²) < 4.78 is 26.7. The maximum Gasteiger partial charge on any atom is 0.187 e. The van der Waals surface area contributed by atoms with Crippen molar-refractivity contribution in [1.29, 1.82) is 0 Å². The zero-order valence-electron chi connectivity index (χ0n) is 17.9. The molecule has 200 valence electrons. The highest BCUT2D eigenvalue weighted by Gasteiger charge is 2.53. The first-order chi connectivity index (χ1) is 16.0. The Labute approximate surface area is 193 Å². The Hall–Kier alpha value is -0.640. The van der Waals surface area contributed by atoms with E-state index in [0.717, 1.165) is 0 Å². The smallest absolute Gasteiger partial charge is 0.187 e. The fourth-order valence-corrected chi connectivity index (χ4v) is 4.10. The van der Waals surface area contributed by atoms with E-state index < -0.39 is 105 Å². The zero-order chi connectivity index (χ0) is 25.3. The lowest BCUT2D eigenvalue weighted by Gasteiger charge is -2.48. The highest BCUT2D eigenvalue weighted by molar-refractivity contribution is 4.96. The molecule has 0 radical (unpaired) electrons. The van der Waals surface area contributed by atoms with Gasteiger partial charge in [0.25, 0.3) is 0 Å². The summed E-state index contributed by atoms with van der Waals surface area (Å²) in [6.07, 6.45) is -24.2. The highest BCUT2D eigenvalue weighted by atomic mass is 16.7. The van der Waals surface area contributed by atoms with Gasteiger partial charge in [-0.3, -0.25) is 0 Å². The summed E-state index contributed by atoms with van der Waals surface area (Å²) >= 11 is 0. The molecule has 0 aromatic carbocycles. The van der Waals surface area contributed by atoms with E-state index in [4.69, 9.17) is 29.4 Å². The summed E-state index contributed by atoms with van der Waals surface area (Å²) in [7, 11) is 0.